The van der Waals surface area contributed by atoms with E-state index in [4.69, 9.17) is 14.2 Å². The highest BCUT2D eigenvalue weighted by molar-refractivity contribution is 5.98. The van der Waals surface area contributed by atoms with Crippen LogP contribution in [0.15, 0.2) is 91.0 Å². The molecule has 0 radical (unpaired) electrons. The van der Waals surface area contributed by atoms with Crippen LogP contribution in [0.25, 0.3) is 11.1 Å². The zero-order chi connectivity index (χ0) is 35.3. The zero-order valence-electron chi connectivity index (χ0n) is 29.0. The molecule has 4 aromatic carbocycles. The van der Waals surface area contributed by atoms with Gasteiger partial charge in [-0.1, -0.05) is 66.7 Å². The van der Waals surface area contributed by atoms with Crippen LogP contribution in [-0.2, 0) is 22.3 Å². The molecule has 2 aliphatic heterocycles. The topological polar surface area (TPSA) is 106 Å². The van der Waals surface area contributed by atoms with E-state index >= 15 is 0 Å². The van der Waals surface area contributed by atoms with Gasteiger partial charge in [-0.05, 0) is 89.8 Å². The minimum Gasteiger partial charge on any atom is -0.508 e. The van der Waals surface area contributed by atoms with E-state index in [-0.39, 0.29) is 30.3 Å². The van der Waals surface area contributed by atoms with Crippen LogP contribution in [0, 0.1) is 0 Å². The summed E-state index contributed by atoms with van der Waals surface area (Å²) in [5.74, 6) is 0.778. The van der Waals surface area contributed by atoms with Crippen molar-refractivity contribution >= 4 is 29.3 Å². The number of ether oxygens (including phenoxy) is 3. The minimum atomic E-state index is -0.559. The highest BCUT2D eigenvalue weighted by Crippen LogP contribution is 2.37. The number of benzene rings is 4. The number of nitrogens with zero attached hydrogens (tertiary/aromatic N) is 2. The number of rotatable bonds is 5. The van der Waals surface area contributed by atoms with Crippen LogP contribution in [-0.4, -0.2) is 54.0 Å². The maximum Gasteiger partial charge on any atom is 0.414 e. The molecule has 2 aliphatic rings. The zero-order valence-corrected chi connectivity index (χ0v) is 29.0. The molecule has 0 spiro atoms. The summed E-state index contributed by atoms with van der Waals surface area (Å²) >= 11 is 0. The van der Waals surface area contributed by atoms with Crippen molar-refractivity contribution in [1.29, 1.82) is 0 Å². The first-order valence-electron chi connectivity index (χ1n) is 16.5. The number of hydrogen-bond donors (Lipinski definition) is 1. The lowest BCUT2D eigenvalue weighted by atomic mass is 10.0. The number of phenols is 1. The quantitative estimate of drug-likeness (QED) is 0.213. The number of carbonyl (C=O) groups is 3. The number of ketones is 1. The van der Waals surface area contributed by atoms with Gasteiger partial charge in [-0.15, -0.1) is 0 Å². The van der Waals surface area contributed by atoms with Crippen LogP contribution in [0.2, 0.25) is 0 Å². The fraction of sp³-hybridized carbons (Fsp3) is 0.325. The predicted octanol–water partition coefficient (Wildman–Crippen LogP) is 8.60. The summed E-state index contributed by atoms with van der Waals surface area (Å²) in [6.07, 6.45) is 0.594. The smallest absolute Gasteiger partial charge is 0.414 e. The molecule has 0 aromatic heterocycles. The summed E-state index contributed by atoms with van der Waals surface area (Å²) in [4.78, 5) is 40.4. The molecule has 0 fully saturated rings. The van der Waals surface area contributed by atoms with Crippen LogP contribution in [0.5, 0.6) is 11.5 Å². The number of phenolic OH excluding ortho intramolecular Hbond substituents is 1. The van der Waals surface area contributed by atoms with Gasteiger partial charge < -0.3 is 19.3 Å². The van der Waals surface area contributed by atoms with Crippen molar-refractivity contribution in [3.8, 4) is 22.6 Å². The van der Waals surface area contributed by atoms with E-state index in [1.54, 1.807) is 21.9 Å². The standard InChI is InChI=1S/C27H27NO4.C13H17NO3/c1-27(2,3)32-26(30)28-17-16-22-23(28)10-7-11-25(22)31-18-24(29)21-14-12-20(13-15-21)19-8-5-4-6-9-19;1-13(2,3)17-12(16)14-8-7-9-10(14)5-4-6-11(9)15/h4-15H,16-18H2,1-3H3;4-6,15H,7-8H2,1-3H3. The van der Waals surface area contributed by atoms with E-state index in [0.717, 1.165) is 33.6 Å². The minimum absolute atomic E-state index is 0.0619. The molecular formula is C40H44N2O7. The van der Waals surface area contributed by atoms with Crippen molar-refractivity contribution in [2.45, 2.75) is 65.6 Å². The molecule has 49 heavy (non-hydrogen) atoms. The summed E-state index contributed by atoms with van der Waals surface area (Å²) in [6, 6.07) is 28.3. The second-order valence-corrected chi connectivity index (χ2v) is 13.9. The van der Waals surface area contributed by atoms with Crippen molar-refractivity contribution in [3.63, 3.8) is 0 Å². The van der Waals surface area contributed by atoms with Gasteiger partial charge in [0.15, 0.2) is 12.4 Å². The van der Waals surface area contributed by atoms with Crippen molar-refractivity contribution in [1.82, 2.24) is 0 Å². The first kappa shape index (κ1) is 35.0. The van der Waals surface area contributed by atoms with E-state index in [2.05, 4.69) is 0 Å². The van der Waals surface area contributed by atoms with Crippen LogP contribution in [0.1, 0.15) is 63.0 Å². The third-order valence-electron chi connectivity index (χ3n) is 7.89. The number of anilines is 2. The fourth-order valence-corrected chi connectivity index (χ4v) is 5.67. The SMILES string of the molecule is CC(C)(C)OC(=O)N1CCc2c(O)cccc21.CC(C)(C)OC(=O)N1CCc2c(OCC(=O)c3ccc(-c4ccccc4)cc3)cccc21. The molecule has 1 N–H and O–H groups in total. The summed E-state index contributed by atoms with van der Waals surface area (Å²) in [5, 5.41) is 9.68. The molecule has 256 valence electrons. The van der Waals surface area contributed by atoms with Gasteiger partial charge in [0.2, 0.25) is 0 Å². The molecule has 2 amide bonds. The number of hydrogen-bond acceptors (Lipinski definition) is 7. The molecule has 0 bridgehead atoms. The summed E-state index contributed by atoms with van der Waals surface area (Å²) in [6.45, 7) is 12.1. The third kappa shape index (κ3) is 8.79. The van der Waals surface area contributed by atoms with Crippen molar-refractivity contribution in [3.05, 3.63) is 108 Å². The van der Waals surface area contributed by atoms with Gasteiger partial charge in [-0.25, -0.2) is 9.59 Å². The Kier molecular flexibility index (Phi) is 10.3. The normalized spacial score (nSPS) is 13.5. The average Bonchev–Trinajstić information content (AvgIpc) is 3.69. The summed E-state index contributed by atoms with van der Waals surface area (Å²) in [7, 11) is 0. The molecule has 0 aliphatic carbocycles. The molecule has 0 unspecified atom stereocenters. The molecule has 0 saturated carbocycles. The van der Waals surface area contributed by atoms with Crippen molar-refractivity contribution in [2.75, 3.05) is 29.5 Å². The lowest BCUT2D eigenvalue weighted by molar-refractivity contribution is 0.0573. The fourth-order valence-electron chi connectivity index (χ4n) is 5.67. The Balaban J connectivity index is 0.000000232. The Morgan fingerprint density at radius 2 is 1.14 bits per heavy atom. The molecular weight excluding hydrogens is 620 g/mol. The van der Waals surface area contributed by atoms with Gasteiger partial charge in [-0.3, -0.25) is 14.6 Å². The lowest BCUT2D eigenvalue weighted by Gasteiger charge is -2.24. The van der Waals surface area contributed by atoms with Crippen molar-refractivity contribution in [2.24, 2.45) is 0 Å². The number of fused-ring (bicyclic) bond motifs is 2. The first-order valence-corrected chi connectivity index (χ1v) is 16.5. The highest BCUT2D eigenvalue weighted by Gasteiger charge is 2.31. The monoisotopic (exact) mass is 664 g/mol. The Labute approximate surface area is 288 Å². The Bertz CT molecular complexity index is 1810. The second-order valence-electron chi connectivity index (χ2n) is 13.9. The maximum atomic E-state index is 12.7. The van der Waals surface area contributed by atoms with Gasteiger partial charge in [0.25, 0.3) is 0 Å². The van der Waals surface area contributed by atoms with Gasteiger partial charge in [-0.2, -0.15) is 0 Å². The third-order valence-corrected chi connectivity index (χ3v) is 7.89. The van der Waals surface area contributed by atoms with Gasteiger partial charge >= 0.3 is 12.2 Å². The van der Waals surface area contributed by atoms with Crippen LogP contribution in [0.3, 0.4) is 0 Å². The van der Waals surface area contributed by atoms with E-state index in [1.165, 1.54) is 0 Å². The molecule has 4 aromatic rings. The van der Waals surface area contributed by atoms with Gasteiger partial charge in [0.05, 0.1) is 11.4 Å². The van der Waals surface area contributed by atoms with E-state index in [9.17, 15) is 19.5 Å². The van der Waals surface area contributed by atoms with E-state index in [0.29, 0.717) is 37.2 Å². The number of amides is 2. The van der Waals surface area contributed by atoms with Crippen LogP contribution < -0.4 is 14.5 Å². The highest BCUT2D eigenvalue weighted by atomic mass is 16.6. The van der Waals surface area contributed by atoms with Crippen LogP contribution >= 0.6 is 0 Å². The van der Waals surface area contributed by atoms with Gasteiger partial charge in [0.1, 0.15) is 22.7 Å². The average molecular weight is 665 g/mol. The Morgan fingerprint density at radius 1 is 0.633 bits per heavy atom. The molecule has 2 heterocycles. The summed E-state index contributed by atoms with van der Waals surface area (Å²) < 4.78 is 16.7. The summed E-state index contributed by atoms with van der Waals surface area (Å²) in [5.41, 5.74) is 4.98. The maximum absolute atomic E-state index is 12.7. The Hall–Kier alpha value is -5.31. The molecule has 0 saturated heterocycles. The largest absolute Gasteiger partial charge is 0.508 e. The molecule has 0 atom stereocenters. The van der Waals surface area contributed by atoms with E-state index in [1.807, 2.05) is 120 Å². The number of carbonyl (C=O) groups excluding carboxylic acids is 3. The predicted molar refractivity (Wildman–Crippen MR) is 191 cm³/mol. The van der Waals surface area contributed by atoms with E-state index < -0.39 is 11.2 Å². The van der Waals surface area contributed by atoms with Gasteiger partial charge in [0, 0.05) is 29.8 Å². The first-order chi connectivity index (χ1) is 23.2. The number of Topliss-reactive ketones (excluding diaryl/α,β-unsaturated/α-hetero) is 1. The van der Waals surface area contributed by atoms with Crippen LogP contribution in [0.4, 0.5) is 21.0 Å². The molecule has 9 heteroatoms. The number of aromatic hydroxyl groups is 1. The van der Waals surface area contributed by atoms with Crippen molar-refractivity contribution < 1.29 is 33.7 Å². The lowest BCUT2D eigenvalue weighted by Crippen LogP contribution is -2.35. The Morgan fingerprint density at radius 3 is 1.71 bits per heavy atom. The second kappa shape index (κ2) is 14.4. The molecule has 9 nitrogen and oxygen atoms in total. The molecule has 6 rings (SSSR count).